The lowest BCUT2D eigenvalue weighted by Crippen LogP contribution is -2.48. The summed E-state index contributed by atoms with van der Waals surface area (Å²) in [6, 6.07) is 0. The van der Waals surface area contributed by atoms with Gasteiger partial charge in [0.05, 0.1) is 6.10 Å². The van der Waals surface area contributed by atoms with Crippen molar-refractivity contribution in [2.75, 3.05) is 6.61 Å². The van der Waals surface area contributed by atoms with Crippen molar-refractivity contribution in [1.82, 2.24) is 0 Å². The summed E-state index contributed by atoms with van der Waals surface area (Å²) in [6.07, 6.45) is -1.67. The molecule has 0 saturated carbocycles. The van der Waals surface area contributed by atoms with Gasteiger partial charge >= 0.3 is 5.97 Å². The minimum atomic E-state index is -1.06. The second-order valence-corrected chi connectivity index (χ2v) is 4.34. The van der Waals surface area contributed by atoms with E-state index >= 15 is 0 Å². The Morgan fingerprint density at radius 1 is 1.33 bits per heavy atom. The van der Waals surface area contributed by atoms with Gasteiger partial charge in [0.2, 0.25) is 0 Å². The molecule has 0 radical (unpaired) electrons. The summed E-state index contributed by atoms with van der Waals surface area (Å²) in [5.41, 5.74) is 0. The Labute approximate surface area is 89.9 Å². The first kappa shape index (κ1) is 12.4. The lowest BCUT2D eigenvalue weighted by Gasteiger charge is -2.39. The molecule has 4 heteroatoms. The molecule has 0 spiro atoms. The van der Waals surface area contributed by atoms with E-state index in [0.717, 1.165) is 0 Å². The fourth-order valence-electron chi connectivity index (χ4n) is 1.86. The second-order valence-electron chi connectivity index (χ2n) is 4.34. The topological polar surface area (TPSA) is 35.5 Å². The zero-order valence-corrected chi connectivity index (χ0v) is 9.70. The molecule has 0 aromatic carbocycles. The van der Waals surface area contributed by atoms with Crippen molar-refractivity contribution in [1.29, 1.82) is 0 Å². The van der Waals surface area contributed by atoms with Crippen molar-refractivity contribution >= 4 is 5.97 Å². The summed E-state index contributed by atoms with van der Waals surface area (Å²) in [7, 11) is 0. The minimum absolute atomic E-state index is 0.00700. The largest absolute Gasteiger partial charge is 0.463 e. The number of ether oxygens (including phenoxy) is 2. The highest BCUT2D eigenvalue weighted by Crippen LogP contribution is 2.32. The van der Waals surface area contributed by atoms with Gasteiger partial charge in [-0.1, -0.05) is 13.8 Å². The summed E-state index contributed by atoms with van der Waals surface area (Å²) in [4.78, 5) is 10.6. The highest BCUT2D eigenvalue weighted by molar-refractivity contribution is 5.65. The summed E-state index contributed by atoms with van der Waals surface area (Å²) < 4.78 is 24.1. The van der Waals surface area contributed by atoms with Gasteiger partial charge in [-0.25, -0.2) is 4.39 Å². The van der Waals surface area contributed by atoms with Gasteiger partial charge in [0.1, 0.15) is 18.9 Å². The molecule has 1 heterocycles. The summed E-state index contributed by atoms with van der Waals surface area (Å²) in [6.45, 7) is 7.09. The predicted molar refractivity (Wildman–Crippen MR) is 54.2 cm³/mol. The van der Waals surface area contributed by atoms with E-state index < -0.39 is 18.2 Å². The number of halogens is 1. The van der Waals surface area contributed by atoms with Crippen molar-refractivity contribution in [2.24, 2.45) is 11.8 Å². The normalized spacial score (nSPS) is 41.3. The van der Waals surface area contributed by atoms with Crippen LogP contribution in [0.15, 0.2) is 0 Å². The number of carbonyl (C=O) groups is 1. The van der Waals surface area contributed by atoms with Crippen LogP contribution in [0, 0.1) is 11.8 Å². The Morgan fingerprint density at radius 3 is 2.47 bits per heavy atom. The summed E-state index contributed by atoms with van der Waals surface area (Å²) in [5, 5.41) is 0. The molecule has 15 heavy (non-hydrogen) atoms. The van der Waals surface area contributed by atoms with E-state index in [-0.39, 0.29) is 24.5 Å². The lowest BCUT2D eigenvalue weighted by atomic mass is 9.83. The first-order chi connectivity index (χ1) is 6.93. The molecule has 3 nitrogen and oxygen atoms in total. The Balaban J connectivity index is 2.54. The van der Waals surface area contributed by atoms with Crippen LogP contribution in [-0.2, 0) is 14.3 Å². The SMILES string of the molecule is CC(=O)OCC1O[C@H](C)C(C)[C@@H](C)[C@@H]1F. The molecule has 1 rings (SSSR count). The molecular weight excluding hydrogens is 199 g/mol. The van der Waals surface area contributed by atoms with Crippen LogP contribution in [0.1, 0.15) is 27.7 Å². The number of carbonyl (C=O) groups excluding carboxylic acids is 1. The molecule has 0 N–H and O–H groups in total. The van der Waals surface area contributed by atoms with Gasteiger partial charge in [-0.3, -0.25) is 4.79 Å². The molecule has 0 amide bonds. The van der Waals surface area contributed by atoms with Crippen molar-refractivity contribution in [3.8, 4) is 0 Å². The molecule has 0 aliphatic carbocycles. The molecule has 5 atom stereocenters. The van der Waals surface area contributed by atoms with E-state index in [0.29, 0.717) is 0 Å². The lowest BCUT2D eigenvalue weighted by molar-refractivity contribution is -0.170. The zero-order valence-electron chi connectivity index (χ0n) is 9.70. The molecule has 2 unspecified atom stereocenters. The number of esters is 1. The summed E-state index contributed by atoms with van der Waals surface area (Å²) in [5.74, 6) is -0.271. The van der Waals surface area contributed by atoms with Gasteiger partial charge in [-0.2, -0.15) is 0 Å². The molecule has 1 saturated heterocycles. The molecular formula is C11H19FO3. The van der Waals surface area contributed by atoms with Crippen molar-refractivity contribution in [3.05, 3.63) is 0 Å². The predicted octanol–water partition coefficient (Wildman–Crippen LogP) is 1.95. The first-order valence-corrected chi connectivity index (χ1v) is 5.36. The van der Waals surface area contributed by atoms with E-state index in [2.05, 4.69) is 0 Å². The Hall–Kier alpha value is -0.640. The first-order valence-electron chi connectivity index (χ1n) is 5.36. The second kappa shape index (κ2) is 4.92. The van der Waals surface area contributed by atoms with Crippen LogP contribution in [0.3, 0.4) is 0 Å². The van der Waals surface area contributed by atoms with Gasteiger partial charge in [-0.15, -0.1) is 0 Å². The number of rotatable bonds is 2. The average molecular weight is 218 g/mol. The molecule has 0 aromatic rings. The van der Waals surface area contributed by atoms with E-state index in [1.54, 1.807) is 0 Å². The maximum atomic E-state index is 13.8. The number of alkyl halides is 1. The monoisotopic (exact) mass is 218 g/mol. The van der Waals surface area contributed by atoms with Crippen LogP contribution in [0.4, 0.5) is 4.39 Å². The Morgan fingerprint density at radius 2 is 1.93 bits per heavy atom. The van der Waals surface area contributed by atoms with Gasteiger partial charge in [0.15, 0.2) is 0 Å². The Bertz CT molecular complexity index is 232. The van der Waals surface area contributed by atoms with E-state index in [9.17, 15) is 9.18 Å². The third-order valence-electron chi connectivity index (χ3n) is 3.27. The van der Waals surface area contributed by atoms with Gasteiger partial charge < -0.3 is 9.47 Å². The smallest absolute Gasteiger partial charge is 0.302 e. The molecule has 0 bridgehead atoms. The number of hydrogen-bond donors (Lipinski definition) is 0. The fraction of sp³-hybridized carbons (Fsp3) is 0.909. The molecule has 0 aromatic heterocycles. The Kier molecular flexibility index (Phi) is 4.08. The van der Waals surface area contributed by atoms with Gasteiger partial charge in [-0.05, 0) is 18.8 Å². The fourth-order valence-corrected chi connectivity index (χ4v) is 1.86. The van der Waals surface area contributed by atoms with E-state index in [1.165, 1.54) is 6.92 Å². The third-order valence-corrected chi connectivity index (χ3v) is 3.27. The van der Waals surface area contributed by atoms with Crippen LogP contribution >= 0.6 is 0 Å². The highest BCUT2D eigenvalue weighted by atomic mass is 19.1. The van der Waals surface area contributed by atoms with Crippen molar-refractivity contribution in [3.63, 3.8) is 0 Å². The third kappa shape index (κ3) is 2.91. The average Bonchev–Trinajstić information content (AvgIpc) is 2.18. The van der Waals surface area contributed by atoms with E-state index in [4.69, 9.17) is 9.47 Å². The number of hydrogen-bond acceptors (Lipinski definition) is 3. The highest BCUT2D eigenvalue weighted by Gasteiger charge is 2.40. The standard InChI is InChI=1S/C11H19FO3/c1-6-7(2)11(12)10(15-8(6)3)5-14-9(4)13/h6-8,10-11H,5H2,1-4H3/t6?,7-,8-,10?,11+/m1/s1. The van der Waals surface area contributed by atoms with Crippen molar-refractivity contribution in [2.45, 2.75) is 46.1 Å². The van der Waals surface area contributed by atoms with Gasteiger partial charge in [0, 0.05) is 6.92 Å². The minimum Gasteiger partial charge on any atom is -0.463 e. The maximum absolute atomic E-state index is 13.8. The molecule has 88 valence electrons. The van der Waals surface area contributed by atoms with Gasteiger partial charge in [0.25, 0.3) is 0 Å². The van der Waals surface area contributed by atoms with E-state index in [1.807, 2.05) is 20.8 Å². The van der Waals surface area contributed by atoms with Crippen LogP contribution in [0.5, 0.6) is 0 Å². The maximum Gasteiger partial charge on any atom is 0.302 e. The van der Waals surface area contributed by atoms with Crippen LogP contribution in [0.2, 0.25) is 0 Å². The molecule has 1 fully saturated rings. The van der Waals surface area contributed by atoms with Crippen LogP contribution < -0.4 is 0 Å². The van der Waals surface area contributed by atoms with Crippen molar-refractivity contribution < 1.29 is 18.7 Å². The van der Waals surface area contributed by atoms with Crippen LogP contribution in [-0.4, -0.2) is 31.0 Å². The zero-order chi connectivity index (χ0) is 11.6. The quantitative estimate of drug-likeness (QED) is 0.664. The molecule has 1 aliphatic heterocycles. The molecule has 1 aliphatic rings. The summed E-state index contributed by atoms with van der Waals surface area (Å²) >= 11 is 0. The van der Waals surface area contributed by atoms with Crippen LogP contribution in [0.25, 0.3) is 0 Å².